The molecule has 1 aliphatic heterocycles. The predicted octanol–water partition coefficient (Wildman–Crippen LogP) is 2.78. The third-order valence-corrected chi connectivity index (χ3v) is 4.72. The molecule has 7 heteroatoms. The zero-order valence-electron chi connectivity index (χ0n) is 13.2. The highest BCUT2D eigenvalue weighted by atomic mass is 35.5. The van der Waals surface area contributed by atoms with Crippen LogP contribution in [0.15, 0.2) is 23.2 Å². The number of hydrogen-bond donors (Lipinski definition) is 2. The number of ether oxygens (including phenoxy) is 1. The van der Waals surface area contributed by atoms with Gasteiger partial charge in [0.15, 0.2) is 5.96 Å². The lowest BCUT2D eigenvalue weighted by molar-refractivity contribution is 0.114. The Morgan fingerprint density at radius 2 is 2.13 bits per heavy atom. The molecular formula is C16H23Cl2N3O2. The number of aliphatic hydroxyl groups excluding tert-OH is 1. The summed E-state index contributed by atoms with van der Waals surface area (Å²) in [6.45, 7) is 4.35. The number of likely N-dealkylation sites (tertiary alicyclic amines) is 1. The number of rotatable bonds is 5. The van der Waals surface area contributed by atoms with E-state index in [-0.39, 0.29) is 13.2 Å². The van der Waals surface area contributed by atoms with E-state index in [9.17, 15) is 5.11 Å². The molecule has 0 aromatic heterocycles. The minimum absolute atomic E-state index is 0.0773. The Morgan fingerprint density at radius 1 is 1.43 bits per heavy atom. The lowest BCUT2D eigenvalue weighted by Gasteiger charge is -2.31. The summed E-state index contributed by atoms with van der Waals surface area (Å²) in [7, 11) is 0. The maximum atomic E-state index is 9.98. The Morgan fingerprint density at radius 3 is 2.83 bits per heavy atom. The first-order chi connectivity index (χ1) is 11.0. The minimum atomic E-state index is -0.757. The zero-order chi connectivity index (χ0) is 16.8. The van der Waals surface area contributed by atoms with Crippen LogP contribution in [0.25, 0.3) is 0 Å². The second-order valence-electron chi connectivity index (χ2n) is 5.89. The van der Waals surface area contributed by atoms with E-state index in [1.165, 1.54) is 0 Å². The molecule has 23 heavy (non-hydrogen) atoms. The Bertz CT molecular complexity index is 546. The summed E-state index contributed by atoms with van der Waals surface area (Å²) in [5.41, 5.74) is 5.98. The van der Waals surface area contributed by atoms with Crippen molar-refractivity contribution in [2.24, 2.45) is 16.6 Å². The van der Waals surface area contributed by atoms with E-state index in [1.54, 1.807) is 18.2 Å². The van der Waals surface area contributed by atoms with Crippen molar-refractivity contribution in [3.63, 3.8) is 0 Å². The van der Waals surface area contributed by atoms with Crippen molar-refractivity contribution in [3.8, 4) is 5.75 Å². The fraction of sp³-hybridized carbons (Fsp3) is 0.562. The number of piperidine rings is 1. The zero-order valence-corrected chi connectivity index (χ0v) is 14.7. The number of nitrogens with zero attached hydrogens (tertiary/aromatic N) is 2. The van der Waals surface area contributed by atoms with Gasteiger partial charge >= 0.3 is 0 Å². The predicted molar refractivity (Wildman–Crippen MR) is 94.4 cm³/mol. The molecule has 1 aliphatic rings. The quantitative estimate of drug-likeness (QED) is 0.626. The molecule has 1 atom stereocenters. The second kappa shape index (κ2) is 8.62. The van der Waals surface area contributed by atoms with Gasteiger partial charge in [-0.1, -0.05) is 36.2 Å². The van der Waals surface area contributed by atoms with Gasteiger partial charge in [-0.2, -0.15) is 0 Å². The summed E-state index contributed by atoms with van der Waals surface area (Å²) in [5, 5.41) is 10.7. The second-order valence-corrected chi connectivity index (χ2v) is 6.67. The van der Waals surface area contributed by atoms with Gasteiger partial charge in [0.2, 0.25) is 0 Å². The first-order valence-electron chi connectivity index (χ1n) is 7.77. The van der Waals surface area contributed by atoms with Crippen LogP contribution in [0.4, 0.5) is 0 Å². The van der Waals surface area contributed by atoms with Gasteiger partial charge in [-0.3, -0.25) is 4.99 Å². The molecule has 0 bridgehead atoms. The number of halogens is 2. The minimum Gasteiger partial charge on any atom is -0.489 e. The monoisotopic (exact) mass is 359 g/mol. The molecule has 1 fully saturated rings. The van der Waals surface area contributed by atoms with Gasteiger partial charge in [0, 0.05) is 13.1 Å². The number of guanidine groups is 1. The fourth-order valence-corrected chi connectivity index (χ4v) is 2.72. The molecule has 5 nitrogen and oxygen atoms in total. The van der Waals surface area contributed by atoms with Crippen LogP contribution in [0.5, 0.6) is 5.75 Å². The van der Waals surface area contributed by atoms with Crippen LogP contribution in [0.2, 0.25) is 10.0 Å². The third kappa shape index (κ3) is 5.44. The molecule has 1 saturated heterocycles. The van der Waals surface area contributed by atoms with Crippen LogP contribution in [-0.2, 0) is 0 Å². The van der Waals surface area contributed by atoms with Crippen molar-refractivity contribution in [3.05, 3.63) is 28.2 Å². The largest absolute Gasteiger partial charge is 0.489 e. The maximum Gasteiger partial charge on any atom is 0.191 e. The lowest BCUT2D eigenvalue weighted by atomic mass is 10.00. The Balaban J connectivity index is 1.79. The number of benzene rings is 1. The topological polar surface area (TPSA) is 71.1 Å². The summed E-state index contributed by atoms with van der Waals surface area (Å²) in [6.07, 6.45) is 1.48. The number of aliphatic hydroxyl groups is 1. The van der Waals surface area contributed by atoms with Crippen molar-refractivity contribution in [1.29, 1.82) is 0 Å². The third-order valence-electron chi connectivity index (χ3n) is 3.92. The van der Waals surface area contributed by atoms with Gasteiger partial charge in [0.05, 0.1) is 11.6 Å². The van der Waals surface area contributed by atoms with Gasteiger partial charge in [-0.15, -0.1) is 0 Å². The molecule has 128 valence electrons. The molecule has 0 saturated carbocycles. The summed E-state index contributed by atoms with van der Waals surface area (Å²) in [5.74, 6) is 1.66. The molecule has 2 rings (SSSR count). The van der Waals surface area contributed by atoms with Crippen molar-refractivity contribution in [2.45, 2.75) is 25.9 Å². The van der Waals surface area contributed by atoms with Crippen molar-refractivity contribution in [2.75, 3.05) is 26.2 Å². The molecule has 0 radical (unpaired) electrons. The summed E-state index contributed by atoms with van der Waals surface area (Å²) < 4.78 is 5.48. The van der Waals surface area contributed by atoms with Gasteiger partial charge < -0.3 is 20.5 Å². The van der Waals surface area contributed by atoms with Gasteiger partial charge in [-0.05, 0) is 30.9 Å². The van der Waals surface area contributed by atoms with Gasteiger partial charge in [0.1, 0.15) is 23.5 Å². The van der Waals surface area contributed by atoms with Gasteiger partial charge in [0.25, 0.3) is 0 Å². The van der Waals surface area contributed by atoms with Crippen LogP contribution in [0.3, 0.4) is 0 Å². The highest BCUT2D eigenvalue weighted by Crippen LogP contribution is 2.31. The first kappa shape index (κ1) is 18.2. The first-order valence-corrected chi connectivity index (χ1v) is 8.52. The van der Waals surface area contributed by atoms with Crippen molar-refractivity contribution in [1.82, 2.24) is 4.90 Å². The standard InChI is InChI=1S/C16H23Cl2N3O2/c1-11-5-7-21(8-6-11)16(19)20-9-12(22)10-23-14-4-2-3-13(17)15(14)18/h2-4,11-12,22H,5-10H2,1H3,(H2,19,20). The SMILES string of the molecule is CC1CCN(C(N)=NCC(O)COc2cccc(Cl)c2Cl)CC1. The highest BCUT2D eigenvalue weighted by molar-refractivity contribution is 6.42. The molecule has 1 unspecified atom stereocenters. The molecule has 0 aliphatic carbocycles. The molecule has 1 aromatic carbocycles. The Hall–Kier alpha value is -1.17. The van der Waals surface area contributed by atoms with E-state index in [2.05, 4.69) is 16.8 Å². The summed E-state index contributed by atoms with van der Waals surface area (Å²) in [4.78, 5) is 6.31. The van der Waals surface area contributed by atoms with Crippen molar-refractivity contribution >= 4 is 29.2 Å². The van der Waals surface area contributed by atoms with Crippen LogP contribution < -0.4 is 10.5 Å². The average molecular weight is 360 g/mol. The molecular weight excluding hydrogens is 337 g/mol. The summed E-state index contributed by atoms with van der Waals surface area (Å²) in [6, 6.07) is 5.12. The van der Waals surface area contributed by atoms with E-state index in [1.807, 2.05) is 0 Å². The fourth-order valence-electron chi connectivity index (χ4n) is 2.37. The van der Waals surface area contributed by atoms with Crippen LogP contribution in [0, 0.1) is 5.92 Å². The van der Waals surface area contributed by atoms with Crippen molar-refractivity contribution < 1.29 is 9.84 Å². The maximum absolute atomic E-state index is 9.98. The van der Waals surface area contributed by atoms with E-state index >= 15 is 0 Å². The molecule has 1 heterocycles. The summed E-state index contributed by atoms with van der Waals surface area (Å²) >= 11 is 11.9. The number of aliphatic imine (C=N–C) groups is 1. The normalized spacial score (nSPS) is 18.1. The van der Waals surface area contributed by atoms with E-state index in [0.717, 1.165) is 31.8 Å². The molecule has 3 N–H and O–H groups in total. The Kier molecular flexibility index (Phi) is 6.81. The average Bonchev–Trinajstić information content (AvgIpc) is 2.54. The van der Waals surface area contributed by atoms with E-state index < -0.39 is 6.10 Å². The lowest BCUT2D eigenvalue weighted by Crippen LogP contribution is -2.43. The van der Waals surface area contributed by atoms with Crippen LogP contribution in [-0.4, -0.2) is 48.3 Å². The molecule has 0 amide bonds. The van der Waals surface area contributed by atoms with E-state index in [4.69, 9.17) is 33.7 Å². The Labute approximate surface area is 147 Å². The smallest absolute Gasteiger partial charge is 0.191 e. The molecule has 0 spiro atoms. The van der Waals surface area contributed by atoms with Gasteiger partial charge in [-0.25, -0.2) is 0 Å². The van der Waals surface area contributed by atoms with E-state index in [0.29, 0.717) is 21.8 Å². The molecule has 1 aromatic rings. The van der Waals surface area contributed by atoms with Crippen LogP contribution in [0.1, 0.15) is 19.8 Å². The number of hydrogen-bond acceptors (Lipinski definition) is 3. The number of nitrogens with two attached hydrogens (primary N) is 1. The van der Waals surface area contributed by atoms with Crippen LogP contribution >= 0.6 is 23.2 Å². The highest BCUT2D eigenvalue weighted by Gasteiger charge is 2.17.